The fourth-order valence-electron chi connectivity index (χ4n) is 1.58. The van der Waals surface area contributed by atoms with Gasteiger partial charge in [-0.25, -0.2) is 13.2 Å². The minimum atomic E-state index is -2.96. The normalized spacial score (nSPS) is 10.7. The first kappa shape index (κ1) is 15.3. The van der Waals surface area contributed by atoms with Crippen LogP contribution in [0.15, 0.2) is 40.9 Å². The van der Waals surface area contributed by atoms with E-state index in [4.69, 9.17) is 4.74 Å². The molecule has 2 aromatic carbocycles. The van der Waals surface area contributed by atoms with Crippen LogP contribution in [-0.2, 0) is 0 Å². The predicted octanol–water partition coefficient (Wildman–Crippen LogP) is 5.23. The van der Waals surface area contributed by atoms with Crippen LogP contribution in [0.25, 0.3) is 0 Å². The van der Waals surface area contributed by atoms with Crippen molar-refractivity contribution in [3.05, 3.63) is 62.4 Å². The molecule has 0 aliphatic heterocycles. The van der Waals surface area contributed by atoms with Gasteiger partial charge in [-0.2, -0.15) is 0 Å². The van der Waals surface area contributed by atoms with Crippen LogP contribution < -0.4 is 4.74 Å². The Morgan fingerprint density at radius 2 is 1.90 bits per heavy atom. The summed E-state index contributed by atoms with van der Waals surface area (Å²) in [5, 5.41) is 10.6. The molecule has 0 aromatic heterocycles. The molecule has 0 aliphatic carbocycles. The molecule has 0 saturated heterocycles. The molecule has 0 unspecified atom stereocenters. The van der Waals surface area contributed by atoms with Crippen LogP contribution in [0.3, 0.4) is 0 Å². The number of nitro groups is 1. The predicted molar refractivity (Wildman–Crippen MR) is 72.2 cm³/mol. The lowest BCUT2D eigenvalue weighted by Crippen LogP contribution is -1.96. The van der Waals surface area contributed by atoms with Crippen molar-refractivity contribution in [2.75, 3.05) is 0 Å². The molecule has 0 radical (unpaired) electrons. The second-order valence-electron chi connectivity index (χ2n) is 3.96. The van der Waals surface area contributed by atoms with Gasteiger partial charge in [-0.1, -0.05) is 0 Å². The van der Waals surface area contributed by atoms with Gasteiger partial charge in [0.15, 0.2) is 0 Å². The molecule has 0 bridgehead atoms. The quantitative estimate of drug-likeness (QED) is 0.553. The lowest BCUT2D eigenvalue weighted by atomic mass is 10.2. The number of hydrogen-bond donors (Lipinski definition) is 0. The van der Waals surface area contributed by atoms with E-state index in [1.54, 1.807) is 0 Å². The summed E-state index contributed by atoms with van der Waals surface area (Å²) in [5.41, 5.74) is -1.10. The first-order valence-electron chi connectivity index (χ1n) is 5.58. The molecule has 110 valence electrons. The lowest BCUT2D eigenvalue weighted by molar-refractivity contribution is -0.385. The van der Waals surface area contributed by atoms with E-state index in [0.717, 1.165) is 24.3 Å². The maximum absolute atomic E-state index is 13.3. The molecule has 8 heteroatoms. The average Bonchev–Trinajstić information content (AvgIpc) is 2.43. The highest BCUT2D eigenvalue weighted by Gasteiger charge is 2.19. The van der Waals surface area contributed by atoms with Crippen molar-refractivity contribution in [2.45, 2.75) is 6.43 Å². The van der Waals surface area contributed by atoms with E-state index in [2.05, 4.69) is 15.9 Å². The zero-order chi connectivity index (χ0) is 15.6. The lowest BCUT2D eigenvalue weighted by Gasteiger charge is -2.11. The fraction of sp³-hybridized carbons (Fsp3) is 0.0769. The summed E-state index contributed by atoms with van der Waals surface area (Å²) in [6.45, 7) is 0. The Balaban J connectivity index is 2.38. The number of hydrogen-bond acceptors (Lipinski definition) is 3. The molecule has 0 aliphatic rings. The molecule has 4 nitrogen and oxygen atoms in total. The largest absolute Gasteiger partial charge is 0.457 e. The van der Waals surface area contributed by atoms with Gasteiger partial charge in [0.25, 0.3) is 12.1 Å². The molecular formula is C13H7BrF3NO3. The number of non-ortho nitro benzene ring substituents is 1. The van der Waals surface area contributed by atoms with Crippen LogP contribution in [-0.4, -0.2) is 4.92 Å². The fourth-order valence-corrected chi connectivity index (χ4v) is 1.83. The first-order chi connectivity index (χ1) is 9.88. The van der Waals surface area contributed by atoms with Crippen molar-refractivity contribution in [3.8, 4) is 11.5 Å². The van der Waals surface area contributed by atoms with Crippen LogP contribution in [0, 0.1) is 15.9 Å². The van der Waals surface area contributed by atoms with E-state index < -0.39 is 28.4 Å². The third-order valence-corrected chi connectivity index (χ3v) is 3.20. The van der Waals surface area contributed by atoms with Crippen molar-refractivity contribution in [2.24, 2.45) is 0 Å². The standard InChI is InChI=1S/C13H7BrF3NO3/c14-10-3-2-8(6-11(10)15)21-12-4-1-7(18(19)20)5-9(12)13(16)17/h1-6,13H. The van der Waals surface area contributed by atoms with Gasteiger partial charge in [0.2, 0.25) is 0 Å². The van der Waals surface area contributed by atoms with Crippen molar-refractivity contribution in [3.63, 3.8) is 0 Å². The Hall–Kier alpha value is -2.09. The highest BCUT2D eigenvalue weighted by molar-refractivity contribution is 9.10. The summed E-state index contributed by atoms with van der Waals surface area (Å²) in [7, 11) is 0. The molecule has 2 rings (SSSR count). The smallest absolute Gasteiger partial charge is 0.270 e. The molecule has 0 atom stereocenters. The zero-order valence-electron chi connectivity index (χ0n) is 10.2. The van der Waals surface area contributed by atoms with E-state index in [9.17, 15) is 23.3 Å². The molecular weight excluding hydrogens is 355 g/mol. The monoisotopic (exact) mass is 361 g/mol. The second-order valence-corrected chi connectivity index (χ2v) is 4.81. The molecule has 0 saturated carbocycles. The zero-order valence-corrected chi connectivity index (χ0v) is 11.8. The Morgan fingerprint density at radius 1 is 1.19 bits per heavy atom. The SMILES string of the molecule is O=[N+]([O-])c1ccc(Oc2ccc(Br)c(F)c2)c(C(F)F)c1. The van der Waals surface area contributed by atoms with E-state index >= 15 is 0 Å². The first-order valence-corrected chi connectivity index (χ1v) is 6.37. The Morgan fingerprint density at radius 3 is 2.48 bits per heavy atom. The van der Waals surface area contributed by atoms with Crippen molar-refractivity contribution in [1.29, 1.82) is 0 Å². The second kappa shape index (κ2) is 6.13. The molecule has 0 heterocycles. The van der Waals surface area contributed by atoms with Crippen LogP contribution in [0.5, 0.6) is 11.5 Å². The summed E-state index contributed by atoms with van der Waals surface area (Å²) in [4.78, 5) is 9.81. The third-order valence-electron chi connectivity index (χ3n) is 2.56. The third kappa shape index (κ3) is 3.52. The minimum Gasteiger partial charge on any atom is -0.457 e. The van der Waals surface area contributed by atoms with Gasteiger partial charge < -0.3 is 4.74 Å². The molecule has 0 N–H and O–H groups in total. The van der Waals surface area contributed by atoms with Gasteiger partial charge in [-0.3, -0.25) is 10.1 Å². The highest BCUT2D eigenvalue weighted by atomic mass is 79.9. The maximum atomic E-state index is 13.3. The number of nitrogens with zero attached hydrogens (tertiary/aromatic N) is 1. The number of ether oxygens (including phenoxy) is 1. The summed E-state index contributed by atoms with van der Waals surface area (Å²) in [5.74, 6) is -0.878. The van der Waals surface area contributed by atoms with Crippen molar-refractivity contribution < 1.29 is 22.8 Å². The van der Waals surface area contributed by atoms with E-state index in [1.165, 1.54) is 12.1 Å². The van der Waals surface area contributed by atoms with Gasteiger partial charge in [-0.15, -0.1) is 0 Å². The number of alkyl halides is 2. The summed E-state index contributed by atoms with van der Waals surface area (Å²) >= 11 is 2.95. The van der Waals surface area contributed by atoms with E-state index in [1.807, 2.05) is 0 Å². The van der Waals surface area contributed by atoms with Crippen LogP contribution in [0.2, 0.25) is 0 Å². The number of halogens is 4. The van der Waals surface area contributed by atoms with Gasteiger partial charge >= 0.3 is 0 Å². The number of benzene rings is 2. The van der Waals surface area contributed by atoms with Crippen molar-refractivity contribution in [1.82, 2.24) is 0 Å². The summed E-state index contributed by atoms with van der Waals surface area (Å²) in [6.07, 6.45) is -2.96. The summed E-state index contributed by atoms with van der Waals surface area (Å²) < 4.78 is 44.6. The van der Waals surface area contributed by atoms with Gasteiger partial charge in [0.1, 0.15) is 17.3 Å². The highest BCUT2D eigenvalue weighted by Crippen LogP contribution is 2.35. The Bertz CT molecular complexity index is 694. The topological polar surface area (TPSA) is 52.4 Å². The number of nitro benzene ring substituents is 1. The van der Waals surface area contributed by atoms with Crippen molar-refractivity contribution >= 4 is 21.6 Å². The van der Waals surface area contributed by atoms with Gasteiger partial charge in [-0.05, 0) is 34.1 Å². The van der Waals surface area contributed by atoms with E-state index in [0.29, 0.717) is 0 Å². The summed E-state index contributed by atoms with van der Waals surface area (Å²) in [6, 6.07) is 6.58. The Kier molecular flexibility index (Phi) is 4.46. The maximum Gasteiger partial charge on any atom is 0.270 e. The average molecular weight is 362 g/mol. The van der Waals surface area contributed by atoms with Crippen LogP contribution in [0.4, 0.5) is 18.9 Å². The minimum absolute atomic E-state index is 0.00598. The molecule has 0 amide bonds. The van der Waals surface area contributed by atoms with Gasteiger partial charge in [0.05, 0.1) is 15.0 Å². The van der Waals surface area contributed by atoms with E-state index in [-0.39, 0.29) is 16.0 Å². The molecule has 0 fully saturated rings. The number of rotatable bonds is 4. The molecule has 2 aromatic rings. The Labute approximate surface area is 125 Å². The van der Waals surface area contributed by atoms with Crippen LogP contribution in [0.1, 0.15) is 12.0 Å². The molecule has 21 heavy (non-hydrogen) atoms. The molecule has 0 spiro atoms. The van der Waals surface area contributed by atoms with Gasteiger partial charge in [0, 0.05) is 18.2 Å². The van der Waals surface area contributed by atoms with Crippen LogP contribution >= 0.6 is 15.9 Å².